The molecule has 0 bridgehead atoms. The highest BCUT2D eigenvalue weighted by molar-refractivity contribution is 5.92. The van der Waals surface area contributed by atoms with Crippen molar-refractivity contribution in [2.24, 2.45) is 5.92 Å². The van der Waals surface area contributed by atoms with Crippen LogP contribution in [-0.4, -0.2) is 19.6 Å². The maximum Gasteiger partial charge on any atom is 0.244 e. The molecular formula is C24H28N2O3. The first-order valence-electron chi connectivity index (χ1n) is 9.84. The fourth-order valence-corrected chi connectivity index (χ4v) is 3.28. The number of carbonyl (C=O) groups excluding carboxylic acids is 1. The third kappa shape index (κ3) is 6.39. The average molecular weight is 392 g/mol. The fraction of sp³-hybridized carbons (Fsp3) is 0.333. The molecule has 0 aliphatic heterocycles. The molecule has 2 rings (SSSR count). The molecule has 152 valence electrons. The molecule has 0 saturated carbocycles. The molecule has 0 aromatic heterocycles. The summed E-state index contributed by atoms with van der Waals surface area (Å²) in [6.07, 6.45) is 5.24. The van der Waals surface area contributed by atoms with E-state index in [1.165, 1.54) is 13.2 Å². The molecule has 0 radical (unpaired) electrons. The number of hydrogen-bond acceptors (Lipinski definition) is 4. The average Bonchev–Trinajstić information content (AvgIpc) is 2.77. The first-order chi connectivity index (χ1) is 14.1. The smallest absolute Gasteiger partial charge is 0.244 e. The van der Waals surface area contributed by atoms with Crippen molar-refractivity contribution >= 4 is 12.0 Å². The van der Waals surface area contributed by atoms with E-state index in [-0.39, 0.29) is 18.6 Å². The molecule has 0 spiro atoms. The molecule has 0 aliphatic rings. The fourth-order valence-electron chi connectivity index (χ4n) is 3.28. The van der Waals surface area contributed by atoms with Crippen LogP contribution >= 0.6 is 0 Å². The Bertz CT molecular complexity index is 852. The zero-order valence-corrected chi connectivity index (χ0v) is 17.2. The van der Waals surface area contributed by atoms with Crippen molar-refractivity contribution in [2.45, 2.75) is 32.7 Å². The van der Waals surface area contributed by atoms with Crippen molar-refractivity contribution in [3.8, 4) is 17.6 Å². The Morgan fingerprint density at radius 3 is 2.48 bits per heavy atom. The second kappa shape index (κ2) is 11.6. The lowest BCUT2D eigenvalue weighted by Crippen LogP contribution is -2.32. The zero-order chi connectivity index (χ0) is 21.1. The van der Waals surface area contributed by atoms with Gasteiger partial charge >= 0.3 is 0 Å². The van der Waals surface area contributed by atoms with Gasteiger partial charge in [-0.25, -0.2) is 0 Å². The van der Waals surface area contributed by atoms with Crippen molar-refractivity contribution in [1.29, 1.82) is 5.26 Å². The summed E-state index contributed by atoms with van der Waals surface area (Å²) in [6, 6.07) is 17.3. The van der Waals surface area contributed by atoms with Gasteiger partial charge in [0.25, 0.3) is 0 Å². The van der Waals surface area contributed by atoms with Crippen LogP contribution in [-0.2, 0) is 4.79 Å². The predicted molar refractivity (Wildman–Crippen MR) is 115 cm³/mol. The zero-order valence-electron chi connectivity index (χ0n) is 17.2. The Morgan fingerprint density at radius 2 is 1.86 bits per heavy atom. The van der Waals surface area contributed by atoms with Gasteiger partial charge in [-0.2, -0.15) is 5.26 Å². The number of nitriles is 1. The van der Waals surface area contributed by atoms with E-state index in [9.17, 15) is 4.79 Å². The lowest BCUT2D eigenvalue weighted by molar-refractivity contribution is -0.117. The Labute approximate surface area is 173 Å². The van der Waals surface area contributed by atoms with Crippen LogP contribution in [0.2, 0.25) is 0 Å². The summed E-state index contributed by atoms with van der Waals surface area (Å²) in [5, 5.41) is 11.8. The number of hydrogen-bond donors (Lipinski definition) is 1. The summed E-state index contributed by atoms with van der Waals surface area (Å²) in [7, 11) is 1.54. The van der Waals surface area contributed by atoms with Crippen LogP contribution in [0.15, 0.2) is 54.6 Å². The van der Waals surface area contributed by atoms with Gasteiger partial charge in [0.15, 0.2) is 18.1 Å². The normalized spacial score (nSPS) is 11.8. The van der Waals surface area contributed by atoms with Crippen molar-refractivity contribution < 1.29 is 14.3 Å². The highest BCUT2D eigenvalue weighted by Gasteiger charge is 2.21. The lowest BCUT2D eigenvalue weighted by atomic mass is 9.89. The standard InChI is InChI=1S/C24H28N2O3/c1-4-19(5-2)24(20-9-7-6-8-10-20)26-23(27)14-12-18-11-13-21(29-16-15-25)22(17-18)28-3/h6-14,17,19,24H,4-5,16H2,1-3H3,(H,26,27)/b14-12+. The Balaban J connectivity index is 2.13. The SMILES string of the molecule is CCC(CC)C(NC(=O)/C=C/c1ccc(OCC#N)c(OC)c1)c1ccccc1. The van der Waals surface area contributed by atoms with Crippen molar-refractivity contribution in [3.63, 3.8) is 0 Å². The van der Waals surface area contributed by atoms with Crippen LogP contribution in [0.1, 0.15) is 43.9 Å². The topological polar surface area (TPSA) is 71.3 Å². The molecule has 5 nitrogen and oxygen atoms in total. The largest absolute Gasteiger partial charge is 0.493 e. The lowest BCUT2D eigenvalue weighted by Gasteiger charge is -2.26. The maximum absolute atomic E-state index is 12.6. The molecule has 5 heteroatoms. The number of carbonyl (C=O) groups is 1. The minimum Gasteiger partial charge on any atom is -0.493 e. The quantitative estimate of drug-likeness (QED) is 0.584. The van der Waals surface area contributed by atoms with E-state index in [1.54, 1.807) is 18.2 Å². The summed E-state index contributed by atoms with van der Waals surface area (Å²) in [4.78, 5) is 12.6. The number of amides is 1. The van der Waals surface area contributed by atoms with E-state index in [1.807, 2.05) is 30.3 Å². The highest BCUT2D eigenvalue weighted by Crippen LogP contribution is 2.29. The summed E-state index contributed by atoms with van der Waals surface area (Å²) < 4.78 is 10.6. The van der Waals surface area contributed by atoms with E-state index in [0.29, 0.717) is 17.4 Å². The summed E-state index contributed by atoms with van der Waals surface area (Å²) in [5.41, 5.74) is 1.92. The minimum absolute atomic E-state index is 0.0281. The van der Waals surface area contributed by atoms with Gasteiger partial charge in [-0.3, -0.25) is 4.79 Å². The number of methoxy groups -OCH3 is 1. The van der Waals surface area contributed by atoms with Gasteiger partial charge in [-0.15, -0.1) is 0 Å². The molecule has 2 aromatic carbocycles. The second-order valence-corrected chi connectivity index (χ2v) is 6.66. The third-order valence-electron chi connectivity index (χ3n) is 4.88. The van der Waals surface area contributed by atoms with E-state index in [0.717, 1.165) is 24.0 Å². The van der Waals surface area contributed by atoms with Crippen LogP contribution in [0.25, 0.3) is 6.08 Å². The van der Waals surface area contributed by atoms with Crippen LogP contribution in [0.5, 0.6) is 11.5 Å². The number of nitrogens with one attached hydrogen (secondary N) is 1. The first kappa shape index (κ1) is 22.0. The molecule has 0 aliphatic carbocycles. The summed E-state index contributed by atoms with van der Waals surface area (Å²) in [6.45, 7) is 4.24. The molecule has 2 aromatic rings. The number of rotatable bonds is 10. The Morgan fingerprint density at radius 1 is 1.14 bits per heavy atom. The summed E-state index contributed by atoms with van der Waals surface area (Å²) in [5.74, 6) is 1.23. The molecule has 0 heterocycles. The number of ether oxygens (including phenoxy) is 2. The van der Waals surface area contributed by atoms with Gasteiger partial charge in [-0.05, 0) is 35.3 Å². The molecule has 29 heavy (non-hydrogen) atoms. The number of nitrogens with zero attached hydrogens (tertiary/aromatic N) is 1. The maximum atomic E-state index is 12.6. The van der Waals surface area contributed by atoms with Crippen molar-refractivity contribution in [3.05, 3.63) is 65.7 Å². The van der Waals surface area contributed by atoms with Crippen LogP contribution in [0, 0.1) is 17.2 Å². The van der Waals surface area contributed by atoms with Gasteiger partial charge in [0, 0.05) is 6.08 Å². The predicted octanol–water partition coefficient (Wildman–Crippen LogP) is 4.90. The van der Waals surface area contributed by atoms with E-state index < -0.39 is 0 Å². The third-order valence-corrected chi connectivity index (χ3v) is 4.88. The minimum atomic E-state index is -0.144. The first-order valence-corrected chi connectivity index (χ1v) is 9.84. The van der Waals surface area contributed by atoms with Crippen LogP contribution < -0.4 is 14.8 Å². The molecule has 0 fully saturated rings. The van der Waals surface area contributed by atoms with Crippen molar-refractivity contribution in [2.75, 3.05) is 13.7 Å². The monoisotopic (exact) mass is 392 g/mol. The van der Waals surface area contributed by atoms with Crippen molar-refractivity contribution in [1.82, 2.24) is 5.32 Å². The second-order valence-electron chi connectivity index (χ2n) is 6.66. The molecule has 1 amide bonds. The van der Waals surface area contributed by atoms with E-state index in [2.05, 4.69) is 31.3 Å². The highest BCUT2D eigenvalue weighted by atomic mass is 16.5. The summed E-state index contributed by atoms with van der Waals surface area (Å²) >= 11 is 0. The van der Waals surface area contributed by atoms with E-state index >= 15 is 0 Å². The molecule has 1 N–H and O–H groups in total. The van der Waals surface area contributed by atoms with Crippen LogP contribution in [0.3, 0.4) is 0 Å². The Hall–Kier alpha value is -3.26. The molecule has 1 atom stereocenters. The Kier molecular flexibility index (Phi) is 8.78. The van der Waals surface area contributed by atoms with Gasteiger partial charge in [0.1, 0.15) is 6.07 Å². The molecule has 1 unspecified atom stereocenters. The van der Waals surface area contributed by atoms with E-state index in [4.69, 9.17) is 14.7 Å². The molecule has 0 saturated heterocycles. The van der Waals surface area contributed by atoms with Crippen LogP contribution in [0.4, 0.5) is 0 Å². The number of benzene rings is 2. The van der Waals surface area contributed by atoms with Gasteiger partial charge in [-0.1, -0.05) is 63.1 Å². The van der Waals surface area contributed by atoms with Gasteiger partial charge < -0.3 is 14.8 Å². The molecular weight excluding hydrogens is 364 g/mol. The van der Waals surface area contributed by atoms with Gasteiger partial charge in [0.05, 0.1) is 13.2 Å². The van der Waals surface area contributed by atoms with Gasteiger partial charge in [0.2, 0.25) is 5.91 Å².